The van der Waals surface area contributed by atoms with Crippen molar-refractivity contribution in [2.24, 2.45) is 0 Å². The first-order valence-electron chi connectivity index (χ1n) is 6.00. The lowest BCUT2D eigenvalue weighted by Crippen LogP contribution is -2.43. The SMILES string of the molecule is CSC1CCC(NCC(=O)NCC(F)(F)F)CC1. The highest BCUT2D eigenvalue weighted by atomic mass is 32.2. The molecule has 1 fully saturated rings. The third-order valence-electron chi connectivity index (χ3n) is 3.04. The summed E-state index contributed by atoms with van der Waals surface area (Å²) in [6, 6.07) is 0.255. The molecule has 1 saturated carbocycles. The van der Waals surface area contributed by atoms with Crippen molar-refractivity contribution in [2.75, 3.05) is 19.3 Å². The van der Waals surface area contributed by atoms with Crippen molar-refractivity contribution in [1.29, 1.82) is 0 Å². The number of carbonyl (C=O) groups excluding carboxylic acids is 1. The molecule has 0 bridgehead atoms. The highest BCUT2D eigenvalue weighted by molar-refractivity contribution is 7.99. The maximum Gasteiger partial charge on any atom is 0.405 e. The Kier molecular flexibility index (Phi) is 6.28. The highest BCUT2D eigenvalue weighted by Gasteiger charge is 2.27. The van der Waals surface area contributed by atoms with Crippen LogP contribution in [0.3, 0.4) is 0 Å². The predicted molar refractivity (Wildman–Crippen MR) is 66.6 cm³/mol. The molecule has 0 spiro atoms. The Morgan fingerprint density at radius 3 is 2.39 bits per heavy atom. The maximum atomic E-state index is 11.9. The summed E-state index contributed by atoms with van der Waals surface area (Å²) in [5.74, 6) is -0.598. The lowest BCUT2D eigenvalue weighted by atomic mass is 9.95. The molecule has 0 aromatic carbocycles. The minimum atomic E-state index is -4.34. The van der Waals surface area contributed by atoms with Gasteiger partial charge in [-0.3, -0.25) is 4.79 Å². The average molecular weight is 284 g/mol. The van der Waals surface area contributed by atoms with E-state index in [0.29, 0.717) is 5.25 Å². The van der Waals surface area contributed by atoms with E-state index in [1.165, 1.54) is 0 Å². The zero-order valence-corrected chi connectivity index (χ0v) is 11.2. The van der Waals surface area contributed by atoms with Crippen LogP contribution in [-0.2, 0) is 4.79 Å². The van der Waals surface area contributed by atoms with Crippen LogP contribution in [0.1, 0.15) is 25.7 Å². The summed E-state index contributed by atoms with van der Waals surface area (Å²) in [4.78, 5) is 11.2. The van der Waals surface area contributed by atoms with Crippen LogP contribution in [0.2, 0.25) is 0 Å². The van der Waals surface area contributed by atoms with Crippen LogP contribution in [-0.4, -0.2) is 42.7 Å². The van der Waals surface area contributed by atoms with E-state index in [4.69, 9.17) is 0 Å². The predicted octanol–water partition coefficient (Wildman–Crippen LogP) is 1.93. The van der Waals surface area contributed by atoms with Crippen molar-refractivity contribution in [3.63, 3.8) is 0 Å². The molecule has 0 heterocycles. The van der Waals surface area contributed by atoms with Gasteiger partial charge in [-0.25, -0.2) is 0 Å². The molecule has 0 atom stereocenters. The van der Waals surface area contributed by atoms with Crippen LogP contribution in [0, 0.1) is 0 Å². The van der Waals surface area contributed by atoms with Crippen LogP contribution in [0.25, 0.3) is 0 Å². The van der Waals surface area contributed by atoms with E-state index in [1.807, 2.05) is 17.1 Å². The fourth-order valence-corrected chi connectivity index (χ4v) is 2.74. The summed E-state index contributed by atoms with van der Waals surface area (Å²) in [6.45, 7) is -1.29. The largest absolute Gasteiger partial charge is 0.405 e. The smallest absolute Gasteiger partial charge is 0.346 e. The molecule has 1 rings (SSSR count). The van der Waals surface area contributed by atoms with Crippen molar-refractivity contribution >= 4 is 17.7 Å². The Labute approximate surface area is 109 Å². The van der Waals surface area contributed by atoms with E-state index in [-0.39, 0.29) is 12.6 Å². The van der Waals surface area contributed by atoms with Gasteiger partial charge in [-0.2, -0.15) is 24.9 Å². The summed E-state index contributed by atoms with van der Waals surface area (Å²) < 4.78 is 35.6. The van der Waals surface area contributed by atoms with Gasteiger partial charge in [-0.15, -0.1) is 0 Å². The van der Waals surface area contributed by atoms with Crippen LogP contribution in [0.15, 0.2) is 0 Å². The number of alkyl halides is 3. The van der Waals surface area contributed by atoms with Gasteiger partial charge in [0, 0.05) is 11.3 Å². The molecular weight excluding hydrogens is 265 g/mol. The lowest BCUT2D eigenvalue weighted by molar-refractivity contribution is -0.138. The van der Waals surface area contributed by atoms with E-state index in [2.05, 4.69) is 11.6 Å². The van der Waals surface area contributed by atoms with Gasteiger partial charge in [0.05, 0.1) is 6.54 Å². The molecule has 1 aliphatic rings. The summed E-state index contributed by atoms with van der Waals surface area (Å²) in [7, 11) is 0. The van der Waals surface area contributed by atoms with Crippen LogP contribution in [0.4, 0.5) is 13.2 Å². The number of amides is 1. The van der Waals surface area contributed by atoms with Gasteiger partial charge in [0.1, 0.15) is 6.54 Å². The number of rotatable bonds is 5. The molecule has 0 unspecified atom stereocenters. The molecule has 0 aromatic rings. The van der Waals surface area contributed by atoms with Crippen molar-refractivity contribution in [1.82, 2.24) is 10.6 Å². The van der Waals surface area contributed by atoms with Crippen molar-refractivity contribution in [2.45, 2.75) is 43.2 Å². The minimum absolute atomic E-state index is 0.0370. The first-order chi connectivity index (χ1) is 8.40. The number of hydrogen-bond acceptors (Lipinski definition) is 3. The van der Waals surface area contributed by atoms with Gasteiger partial charge in [0.2, 0.25) is 5.91 Å². The monoisotopic (exact) mass is 284 g/mol. The molecule has 1 amide bonds. The zero-order chi connectivity index (χ0) is 13.6. The standard InChI is InChI=1S/C11H19F3N2OS/c1-18-9-4-2-8(3-5-9)15-6-10(17)16-7-11(12,13)14/h8-9,15H,2-7H2,1H3,(H,16,17). The lowest BCUT2D eigenvalue weighted by Gasteiger charge is -2.27. The summed E-state index contributed by atoms with van der Waals surface area (Å²) in [5, 5.41) is 5.55. The molecule has 7 heteroatoms. The summed E-state index contributed by atoms with van der Waals surface area (Å²) >= 11 is 1.85. The molecule has 106 valence electrons. The maximum absolute atomic E-state index is 11.9. The number of nitrogens with one attached hydrogen (secondary N) is 2. The van der Waals surface area contributed by atoms with E-state index in [1.54, 1.807) is 0 Å². The molecule has 0 aromatic heterocycles. The normalized spacial score (nSPS) is 24.9. The van der Waals surface area contributed by atoms with Crippen molar-refractivity contribution < 1.29 is 18.0 Å². The number of hydrogen-bond donors (Lipinski definition) is 2. The van der Waals surface area contributed by atoms with E-state index < -0.39 is 18.6 Å². The quantitative estimate of drug-likeness (QED) is 0.810. The average Bonchev–Trinajstić information content (AvgIpc) is 2.33. The zero-order valence-electron chi connectivity index (χ0n) is 10.3. The van der Waals surface area contributed by atoms with E-state index in [9.17, 15) is 18.0 Å². The minimum Gasteiger partial charge on any atom is -0.346 e. The van der Waals surface area contributed by atoms with E-state index in [0.717, 1.165) is 25.7 Å². The molecular formula is C11H19F3N2OS. The highest BCUT2D eigenvalue weighted by Crippen LogP contribution is 2.26. The topological polar surface area (TPSA) is 41.1 Å². The second kappa shape index (κ2) is 7.23. The first kappa shape index (κ1) is 15.6. The third kappa shape index (κ3) is 6.49. The fourth-order valence-electron chi connectivity index (χ4n) is 2.00. The third-order valence-corrected chi connectivity index (χ3v) is 4.18. The molecule has 18 heavy (non-hydrogen) atoms. The molecule has 0 radical (unpaired) electrons. The molecule has 2 N–H and O–H groups in total. The van der Waals surface area contributed by atoms with Crippen molar-refractivity contribution in [3.8, 4) is 0 Å². The van der Waals surface area contributed by atoms with Crippen LogP contribution >= 0.6 is 11.8 Å². The summed E-state index contributed by atoms with van der Waals surface area (Å²) in [5.41, 5.74) is 0. The van der Waals surface area contributed by atoms with Gasteiger partial charge in [-0.1, -0.05) is 0 Å². The van der Waals surface area contributed by atoms with Crippen molar-refractivity contribution in [3.05, 3.63) is 0 Å². The number of halogens is 3. The second-order valence-electron chi connectivity index (χ2n) is 4.48. The molecule has 0 saturated heterocycles. The first-order valence-corrected chi connectivity index (χ1v) is 7.29. The van der Waals surface area contributed by atoms with Gasteiger partial charge in [0.25, 0.3) is 0 Å². The second-order valence-corrected chi connectivity index (χ2v) is 5.62. The van der Waals surface area contributed by atoms with Crippen LogP contribution < -0.4 is 10.6 Å². The Hall–Kier alpha value is -0.430. The van der Waals surface area contributed by atoms with Gasteiger partial charge >= 0.3 is 6.18 Å². The Morgan fingerprint density at radius 2 is 1.89 bits per heavy atom. The molecule has 0 aliphatic heterocycles. The van der Waals surface area contributed by atoms with Gasteiger partial charge < -0.3 is 10.6 Å². The van der Waals surface area contributed by atoms with Gasteiger partial charge in [-0.05, 0) is 31.9 Å². The van der Waals surface area contributed by atoms with E-state index >= 15 is 0 Å². The Bertz CT molecular complexity index is 266. The van der Waals surface area contributed by atoms with Gasteiger partial charge in [0.15, 0.2) is 0 Å². The van der Waals surface area contributed by atoms with Crippen LogP contribution in [0.5, 0.6) is 0 Å². The number of thioether (sulfide) groups is 1. The molecule has 1 aliphatic carbocycles. The molecule has 3 nitrogen and oxygen atoms in total. The Balaban J connectivity index is 2.12. The summed E-state index contributed by atoms with van der Waals surface area (Å²) in [6.07, 6.45) is 1.91. The Morgan fingerprint density at radius 1 is 1.28 bits per heavy atom. The number of carbonyl (C=O) groups is 1. The fraction of sp³-hybridized carbons (Fsp3) is 0.909.